The summed E-state index contributed by atoms with van der Waals surface area (Å²) in [5, 5.41) is 17.6. The summed E-state index contributed by atoms with van der Waals surface area (Å²) in [6.07, 6.45) is 4.24. The molecule has 86 valence electrons. The molecule has 1 aliphatic carbocycles. The Hall–Kier alpha value is -0.910. The van der Waals surface area contributed by atoms with Crippen LogP contribution in [0.1, 0.15) is 6.42 Å². The first-order chi connectivity index (χ1) is 7.19. The number of aliphatic hydroxyl groups excluding tert-OH is 2. The topological polar surface area (TPSA) is 86.8 Å². The molecule has 15 heavy (non-hydrogen) atoms. The largest absolute Gasteiger partial charge is 0.395 e. The molecule has 5 nitrogen and oxygen atoms in total. The van der Waals surface area contributed by atoms with Crippen molar-refractivity contribution in [3.8, 4) is 0 Å². The van der Waals surface area contributed by atoms with Crippen LogP contribution in [0.5, 0.6) is 0 Å². The van der Waals surface area contributed by atoms with Crippen molar-refractivity contribution in [1.82, 2.24) is 4.90 Å². The predicted molar refractivity (Wildman–Crippen MR) is 56.0 cm³/mol. The van der Waals surface area contributed by atoms with Crippen molar-refractivity contribution in [2.45, 2.75) is 12.5 Å². The Morgan fingerprint density at radius 2 is 1.93 bits per heavy atom. The lowest BCUT2D eigenvalue weighted by molar-refractivity contribution is -0.135. The van der Waals surface area contributed by atoms with Gasteiger partial charge < -0.3 is 20.8 Å². The Kier molecular flexibility index (Phi) is 4.74. The van der Waals surface area contributed by atoms with Crippen molar-refractivity contribution < 1.29 is 15.0 Å². The molecule has 2 unspecified atom stereocenters. The fraction of sp³-hybridized carbons (Fsp3) is 0.700. The second-order valence-electron chi connectivity index (χ2n) is 3.66. The van der Waals surface area contributed by atoms with Crippen LogP contribution >= 0.6 is 0 Å². The molecule has 0 aromatic rings. The Balaban J connectivity index is 2.52. The van der Waals surface area contributed by atoms with Gasteiger partial charge in [0.2, 0.25) is 5.91 Å². The Bertz CT molecular complexity index is 237. The lowest BCUT2D eigenvalue weighted by Gasteiger charge is -2.23. The molecule has 5 heteroatoms. The fourth-order valence-electron chi connectivity index (χ4n) is 1.72. The highest BCUT2D eigenvalue weighted by Gasteiger charge is 2.26. The van der Waals surface area contributed by atoms with E-state index in [-0.39, 0.29) is 44.2 Å². The number of aliphatic hydroxyl groups is 2. The van der Waals surface area contributed by atoms with Crippen molar-refractivity contribution in [1.29, 1.82) is 0 Å². The summed E-state index contributed by atoms with van der Waals surface area (Å²) in [6, 6.07) is -0.0518. The zero-order valence-electron chi connectivity index (χ0n) is 8.67. The van der Waals surface area contributed by atoms with E-state index in [2.05, 4.69) is 0 Å². The quantitative estimate of drug-likeness (QED) is 0.497. The minimum Gasteiger partial charge on any atom is -0.395 e. The van der Waals surface area contributed by atoms with E-state index in [1.54, 1.807) is 6.08 Å². The Morgan fingerprint density at radius 3 is 2.33 bits per heavy atom. The van der Waals surface area contributed by atoms with Crippen LogP contribution in [0.4, 0.5) is 0 Å². The minimum absolute atomic E-state index is 0.0518. The maximum atomic E-state index is 11.9. The van der Waals surface area contributed by atoms with Crippen molar-refractivity contribution in [2.24, 2.45) is 11.7 Å². The third-order valence-corrected chi connectivity index (χ3v) is 2.49. The van der Waals surface area contributed by atoms with E-state index in [0.29, 0.717) is 6.42 Å². The standard InChI is InChI=1S/C10H18N2O3/c11-9-2-1-8(7-9)10(15)12(3-5-13)4-6-14/h1-2,8-9,13-14H,3-7,11H2. The van der Waals surface area contributed by atoms with Crippen molar-refractivity contribution in [3.05, 3.63) is 12.2 Å². The normalized spacial score (nSPS) is 24.5. The zero-order valence-corrected chi connectivity index (χ0v) is 8.67. The molecule has 2 atom stereocenters. The van der Waals surface area contributed by atoms with E-state index in [1.807, 2.05) is 6.08 Å². The van der Waals surface area contributed by atoms with Gasteiger partial charge in [0.1, 0.15) is 0 Å². The summed E-state index contributed by atoms with van der Waals surface area (Å²) in [6.45, 7) is 0.348. The molecule has 0 aromatic heterocycles. The Morgan fingerprint density at radius 1 is 1.33 bits per heavy atom. The van der Waals surface area contributed by atoms with Crippen molar-refractivity contribution in [2.75, 3.05) is 26.3 Å². The van der Waals surface area contributed by atoms with Gasteiger partial charge in [-0.2, -0.15) is 0 Å². The first-order valence-corrected chi connectivity index (χ1v) is 5.13. The van der Waals surface area contributed by atoms with Crippen molar-refractivity contribution in [3.63, 3.8) is 0 Å². The molecule has 1 rings (SSSR count). The summed E-state index contributed by atoms with van der Waals surface area (Å²) in [7, 11) is 0. The van der Waals surface area contributed by atoms with Gasteiger partial charge in [-0.15, -0.1) is 0 Å². The van der Waals surface area contributed by atoms with Gasteiger partial charge in [0.15, 0.2) is 0 Å². The van der Waals surface area contributed by atoms with Gasteiger partial charge in [-0.1, -0.05) is 12.2 Å². The fourth-order valence-corrected chi connectivity index (χ4v) is 1.72. The lowest BCUT2D eigenvalue weighted by Crippen LogP contribution is -2.39. The predicted octanol–water partition coefficient (Wildman–Crippen LogP) is -1.30. The molecule has 0 fully saturated rings. The molecule has 1 aliphatic rings. The van der Waals surface area contributed by atoms with Crippen LogP contribution in [0.3, 0.4) is 0 Å². The first-order valence-electron chi connectivity index (χ1n) is 5.13. The van der Waals surface area contributed by atoms with Crippen molar-refractivity contribution >= 4 is 5.91 Å². The molecule has 0 spiro atoms. The number of rotatable bonds is 5. The average Bonchev–Trinajstić information content (AvgIpc) is 2.63. The number of carbonyl (C=O) groups excluding carboxylic acids is 1. The third-order valence-electron chi connectivity index (χ3n) is 2.49. The first kappa shape index (κ1) is 12.2. The number of carbonyl (C=O) groups is 1. The SMILES string of the molecule is NC1C=CC(C(=O)N(CCO)CCO)C1. The van der Waals surface area contributed by atoms with Gasteiger partial charge in [-0.3, -0.25) is 4.79 Å². The molecule has 0 heterocycles. The van der Waals surface area contributed by atoms with Gasteiger partial charge in [-0.25, -0.2) is 0 Å². The van der Waals surface area contributed by atoms with Crippen LogP contribution in [-0.4, -0.2) is 53.4 Å². The lowest BCUT2D eigenvalue weighted by atomic mass is 10.1. The third kappa shape index (κ3) is 3.30. The van der Waals surface area contributed by atoms with E-state index in [0.717, 1.165) is 0 Å². The minimum atomic E-state index is -0.196. The van der Waals surface area contributed by atoms with Gasteiger partial charge in [0, 0.05) is 19.1 Å². The van der Waals surface area contributed by atoms with Gasteiger partial charge in [0.05, 0.1) is 19.1 Å². The second-order valence-corrected chi connectivity index (χ2v) is 3.66. The Labute approximate surface area is 89.2 Å². The zero-order chi connectivity index (χ0) is 11.3. The maximum absolute atomic E-state index is 11.9. The second kappa shape index (κ2) is 5.85. The highest BCUT2D eigenvalue weighted by atomic mass is 16.3. The van der Waals surface area contributed by atoms with Crippen LogP contribution in [0, 0.1) is 5.92 Å². The number of amides is 1. The molecule has 1 amide bonds. The molecular formula is C10H18N2O3. The number of nitrogens with two attached hydrogens (primary N) is 1. The molecule has 0 bridgehead atoms. The van der Waals surface area contributed by atoms with E-state index >= 15 is 0 Å². The van der Waals surface area contributed by atoms with E-state index in [4.69, 9.17) is 15.9 Å². The molecule has 0 aromatic carbocycles. The summed E-state index contributed by atoms with van der Waals surface area (Å²) >= 11 is 0. The molecule has 4 N–H and O–H groups in total. The smallest absolute Gasteiger partial charge is 0.229 e. The van der Waals surface area contributed by atoms with Crippen LogP contribution in [0.15, 0.2) is 12.2 Å². The highest BCUT2D eigenvalue weighted by molar-refractivity contribution is 5.81. The molecule has 0 saturated heterocycles. The monoisotopic (exact) mass is 214 g/mol. The van der Waals surface area contributed by atoms with Crippen LogP contribution < -0.4 is 5.73 Å². The van der Waals surface area contributed by atoms with E-state index in [9.17, 15) is 4.79 Å². The van der Waals surface area contributed by atoms with Gasteiger partial charge in [0.25, 0.3) is 0 Å². The van der Waals surface area contributed by atoms with Gasteiger partial charge >= 0.3 is 0 Å². The highest BCUT2D eigenvalue weighted by Crippen LogP contribution is 2.18. The maximum Gasteiger partial charge on any atom is 0.229 e. The number of hydrogen-bond donors (Lipinski definition) is 3. The van der Waals surface area contributed by atoms with Crippen LogP contribution in [0.2, 0.25) is 0 Å². The van der Waals surface area contributed by atoms with Crippen LogP contribution in [0.25, 0.3) is 0 Å². The van der Waals surface area contributed by atoms with Crippen LogP contribution in [-0.2, 0) is 4.79 Å². The molecular weight excluding hydrogens is 196 g/mol. The molecule has 0 radical (unpaired) electrons. The summed E-state index contributed by atoms with van der Waals surface area (Å²) in [4.78, 5) is 13.3. The number of hydrogen-bond acceptors (Lipinski definition) is 4. The summed E-state index contributed by atoms with van der Waals surface area (Å²) in [5.41, 5.74) is 5.65. The van der Waals surface area contributed by atoms with E-state index < -0.39 is 0 Å². The molecule has 0 aliphatic heterocycles. The van der Waals surface area contributed by atoms with Gasteiger partial charge in [-0.05, 0) is 6.42 Å². The number of nitrogens with zero attached hydrogens (tertiary/aromatic N) is 1. The average molecular weight is 214 g/mol. The summed E-state index contributed by atoms with van der Waals surface area (Å²) < 4.78 is 0. The van der Waals surface area contributed by atoms with E-state index in [1.165, 1.54) is 4.90 Å². The molecule has 0 saturated carbocycles. The summed E-state index contributed by atoms with van der Waals surface area (Å²) in [5.74, 6) is -0.264.